The van der Waals surface area contributed by atoms with Crippen LogP contribution in [0.3, 0.4) is 0 Å². The Balaban J connectivity index is 0. The number of quaternary nitrogens is 1. The molecule has 8 heteroatoms. The molecule has 0 bridgehead atoms. The van der Waals surface area contributed by atoms with Crippen LogP contribution in [0.5, 0.6) is 0 Å². The molecule has 0 saturated carbocycles. The lowest BCUT2D eigenvalue weighted by Gasteiger charge is -2.27. The monoisotopic (exact) mass is 396 g/mol. The molecule has 0 aliphatic heterocycles. The molecule has 0 aromatic rings. The van der Waals surface area contributed by atoms with Crippen LogP contribution in [-0.2, 0) is 14.6 Å². The summed E-state index contributed by atoms with van der Waals surface area (Å²) in [5.74, 6) is 0.109. The van der Waals surface area contributed by atoms with E-state index >= 15 is 0 Å². The van der Waals surface area contributed by atoms with Crippen LogP contribution >= 0.6 is 0 Å². The zero-order valence-corrected chi connectivity index (χ0v) is 18.2. The van der Waals surface area contributed by atoms with Gasteiger partial charge < -0.3 is 14.6 Å². The molecule has 0 spiro atoms. The van der Waals surface area contributed by atoms with Crippen LogP contribution in [0.25, 0.3) is 0 Å². The van der Waals surface area contributed by atoms with Crippen LogP contribution < -0.4 is 5.11 Å². The molecule has 0 atom stereocenters. The number of hydrogen-bond donors (Lipinski definition) is 1. The van der Waals surface area contributed by atoms with E-state index in [1.165, 1.54) is 39.0 Å². The molecule has 26 heavy (non-hydrogen) atoms. The lowest BCUT2D eigenvalue weighted by Crippen LogP contribution is -2.40. The number of aliphatic imine (C=N–C) groups is 1. The van der Waals surface area contributed by atoms with Crippen LogP contribution in [0.2, 0.25) is 0 Å². The van der Waals surface area contributed by atoms with Gasteiger partial charge in [-0.15, -0.1) is 0 Å². The van der Waals surface area contributed by atoms with Crippen molar-refractivity contribution in [2.24, 2.45) is 4.99 Å². The van der Waals surface area contributed by atoms with Gasteiger partial charge in [0.25, 0.3) is 0 Å². The van der Waals surface area contributed by atoms with Crippen molar-refractivity contribution < 1.29 is 26.7 Å². The van der Waals surface area contributed by atoms with Crippen molar-refractivity contribution in [2.75, 3.05) is 40.3 Å². The quantitative estimate of drug-likeness (QED) is 0.160. The van der Waals surface area contributed by atoms with Crippen molar-refractivity contribution in [3.8, 4) is 0 Å². The number of hydrogen-bond acceptors (Lipinski definition) is 5. The maximum atomic E-state index is 11.6. The molecule has 0 aliphatic rings. The fourth-order valence-electron chi connectivity index (χ4n) is 2.15. The summed E-state index contributed by atoms with van der Waals surface area (Å²) in [4.78, 5) is 4.15. The Labute approximate surface area is 161 Å². The van der Waals surface area contributed by atoms with E-state index in [-0.39, 0.29) is 12.5 Å². The third kappa shape index (κ3) is 23.3. The van der Waals surface area contributed by atoms with Gasteiger partial charge in [0.1, 0.15) is 0 Å². The van der Waals surface area contributed by atoms with E-state index in [0.717, 1.165) is 30.4 Å². The Bertz CT molecular complexity index is 450. The average molecular weight is 397 g/mol. The SMILES string of the molecule is CCCCCCCCC([O-])=NCCC[N+](C)(C)CC.CCOS(=O)(=O)O. The zero-order valence-electron chi connectivity index (χ0n) is 17.4. The number of nitrogens with zero attached hydrogens (tertiary/aromatic N) is 2. The molecule has 0 radical (unpaired) electrons. The van der Waals surface area contributed by atoms with E-state index in [1.54, 1.807) is 0 Å². The summed E-state index contributed by atoms with van der Waals surface area (Å²) in [6, 6.07) is 0. The lowest BCUT2D eigenvalue weighted by molar-refractivity contribution is -0.888. The topological polar surface area (TPSA) is 99.0 Å². The number of rotatable bonds is 14. The fourth-order valence-corrected chi connectivity index (χ4v) is 2.44. The van der Waals surface area contributed by atoms with Crippen LogP contribution in [0.4, 0.5) is 0 Å². The summed E-state index contributed by atoms with van der Waals surface area (Å²) in [5, 5.41) is 11.6. The molecular formula is C18H40N2O5S. The third-order valence-electron chi connectivity index (χ3n) is 4.08. The van der Waals surface area contributed by atoms with Crippen molar-refractivity contribution >= 4 is 16.3 Å². The highest BCUT2D eigenvalue weighted by Crippen LogP contribution is 2.06. The van der Waals surface area contributed by atoms with Gasteiger partial charge in [-0.05, 0) is 32.6 Å². The van der Waals surface area contributed by atoms with Crippen LogP contribution in [0.15, 0.2) is 4.99 Å². The summed E-state index contributed by atoms with van der Waals surface area (Å²) < 4.78 is 31.7. The van der Waals surface area contributed by atoms with Crippen LogP contribution in [-0.4, -0.2) is 63.7 Å². The first-order valence-corrected chi connectivity index (χ1v) is 11.1. The Hall–Kier alpha value is -0.700. The highest BCUT2D eigenvalue weighted by Gasteiger charge is 2.09. The summed E-state index contributed by atoms with van der Waals surface area (Å²) in [5.41, 5.74) is 0. The van der Waals surface area contributed by atoms with Gasteiger partial charge in [0.05, 0.1) is 33.8 Å². The zero-order chi connectivity index (χ0) is 20.5. The maximum Gasteiger partial charge on any atom is 0.397 e. The Morgan fingerprint density at radius 1 is 1.04 bits per heavy atom. The molecular weight excluding hydrogens is 356 g/mol. The minimum atomic E-state index is -4.17. The highest BCUT2D eigenvalue weighted by atomic mass is 32.3. The Morgan fingerprint density at radius 3 is 2.08 bits per heavy atom. The summed E-state index contributed by atoms with van der Waals surface area (Å²) in [6.45, 7) is 8.79. The largest absolute Gasteiger partial charge is 0.862 e. The second-order valence-electron chi connectivity index (χ2n) is 6.96. The smallest absolute Gasteiger partial charge is 0.397 e. The molecule has 0 heterocycles. The molecule has 0 aromatic carbocycles. The van der Waals surface area contributed by atoms with Crippen LogP contribution in [0, 0.1) is 0 Å². The Kier molecular flexibility index (Phi) is 17.4. The minimum Gasteiger partial charge on any atom is -0.862 e. The van der Waals surface area contributed by atoms with Gasteiger partial charge in [0, 0.05) is 13.0 Å². The molecule has 0 rings (SSSR count). The molecule has 0 amide bonds. The van der Waals surface area contributed by atoms with Gasteiger partial charge in [-0.3, -0.25) is 4.55 Å². The third-order valence-corrected chi connectivity index (χ3v) is 4.61. The van der Waals surface area contributed by atoms with E-state index in [2.05, 4.69) is 37.1 Å². The second kappa shape index (κ2) is 16.5. The number of unbranched alkanes of at least 4 members (excludes halogenated alkanes) is 5. The summed E-state index contributed by atoms with van der Waals surface area (Å²) in [6.07, 6.45) is 9.05. The van der Waals surface area contributed by atoms with E-state index in [0.29, 0.717) is 13.0 Å². The van der Waals surface area contributed by atoms with E-state index in [9.17, 15) is 13.5 Å². The normalized spacial score (nSPS) is 12.6. The maximum absolute atomic E-state index is 11.6. The van der Waals surface area contributed by atoms with E-state index in [1.807, 2.05) is 0 Å². The average Bonchev–Trinajstić information content (AvgIpc) is 2.54. The molecule has 0 fully saturated rings. The standard InChI is InChI=1S/C16H34N2O.C2H6O4S/c1-5-7-8-9-10-11-13-16(19)17-14-12-15-18(3,4)6-2;1-2-6-7(3,4)5/h5-15H2,1-4H3;2H2,1H3,(H,3,4,5). The molecule has 7 nitrogen and oxygen atoms in total. The van der Waals surface area contributed by atoms with Gasteiger partial charge in [0.2, 0.25) is 0 Å². The van der Waals surface area contributed by atoms with Crippen molar-refractivity contribution in [2.45, 2.75) is 72.1 Å². The van der Waals surface area contributed by atoms with Crippen LogP contribution in [0.1, 0.15) is 72.1 Å². The molecule has 1 N–H and O–H groups in total. The summed E-state index contributed by atoms with van der Waals surface area (Å²) in [7, 11) is 0.267. The van der Waals surface area contributed by atoms with E-state index < -0.39 is 10.4 Å². The van der Waals surface area contributed by atoms with Crippen molar-refractivity contribution in [1.29, 1.82) is 0 Å². The van der Waals surface area contributed by atoms with Gasteiger partial charge in [-0.2, -0.15) is 8.42 Å². The predicted octanol–water partition coefficient (Wildman–Crippen LogP) is 2.81. The molecule has 0 saturated heterocycles. The fraction of sp³-hybridized carbons (Fsp3) is 0.944. The molecule has 0 aliphatic carbocycles. The molecule has 0 unspecified atom stereocenters. The van der Waals surface area contributed by atoms with Gasteiger partial charge in [-0.1, -0.05) is 39.0 Å². The van der Waals surface area contributed by atoms with Crippen molar-refractivity contribution in [1.82, 2.24) is 0 Å². The van der Waals surface area contributed by atoms with Crippen molar-refractivity contribution in [3.05, 3.63) is 0 Å². The minimum absolute atomic E-state index is 0.0289. The van der Waals surface area contributed by atoms with Crippen molar-refractivity contribution in [3.63, 3.8) is 0 Å². The van der Waals surface area contributed by atoms with Gasteiger partial charge >= 0.3 is 10.4 Å². The first kappa shape index (κ1) is 27.5. The molecule has 158 valence electrons. The lowest BCUT2D eigenvalue weighted by atomic mass is 10.1. The Morgan fingerprint density at radius 2 is 1.62 bits per heavy atom. The van der Waals surface area contributed by atoms with E-state index in [4.69, 9.17) is 4.55 Å². The molecule has 0 aromatic heterocycles. The first-order chi connectivity index (χ1) is 12.1. The summed E-state index contributed by atoms with van der Waals surface area (Å²) >= 11 is 0. The predicted molar refractivity (Wildman–Crippen MR) is 106 cm³/mol. The van der Waals surface area contributed by atoms with Gasteiger partial charge in [-0.25, -0.2) is 4.18 Å². The van der Waals surface area contributed by atoms with Gasteiger partial charge in [0.15, 0.2) is 0 Å². The first-order valence-electron chi connectivity index (χ1n) is 9.72. The second-order valence-corrected chi connectivity index (χ2v) is 8.05. The highest BCUT2D eigenvalue weighted by molar-refractivity contribution is 7.80.